The number of esters is 1. The van der Waals surface area contributed by atoms with Crippen LogP contribution < -0.4 is 10.1 Å². The largest absolute Gasteiger partial charge is 0.422 e. The van der Waals surface area contributed by atoms with Crippen molar-refractivity contribution >= 4 is 29.8 Å². The van der Waals surface area contributed by atoms with E-state index < -0.39 is 5.97 Å². The zero-order valence-electron chi connectivity index (χ0n) is 8.93. The van der Waals surface area contributed by atoms with E-state index in [2.05, 4.69) is 16.9 Å². The number of hydrogen-bond acceptors (Lipinski definition) is 5. The van der Waals surface area contributed by atoms with Crippen LogP contribution in [0.5, 0.6) is 5.75 Å². The van der Waals surface area contributed by atoms with Crippen LogP contribution in [0.2, 0.25) is 0 Å². The summed E-state index contributed by atoms with van der Waals surface area (Å²) in [6.07, 6.45) is 2.81. The highest BCUT2D eigenvalue weighted by molar-refractivity contribution is 5.89. The molecule has 6 heteroatoms. The topological polar surface area (TPSA) is 68.3 Å². The van der Waals surface area contributed by atoms with Gasteiger partial charge in [0.1, 0.15) is 0 Å². The van der Waals surface area contributed by atoms with Gasteiger partial charge in [-0.15, -0.1) is 12.4 Å². The molecule has 0 unspecified atom stereocenters. The van der Waals surface area contributed by atoms with Crippen LogP contribution in [-0.4, -0.2) is 23.3 Å². The van der Waals surface area contributed by atoms with Gasteiger partial charge < -0.3 is 10.1 Å². The van der Waals surface area contributed by atoms with Crippen LogP contribution in [0.1, 0.15) is 5.69 Å². The maximum absolute atomic E-state index is 11.1. The number of Topliss-reactive ketones (excluding diaryl/α,β-unsaturated/α-hetero) is 1. The summed E-state index contributed by atoms with van der Waals surface area (Å²) < 4.78 is 4.91. The summed E-state index contributed by atoms with van der Waals surface area (Å²) in [5.41, 5.74) is 1.41. The van der Waals surface area contributed by atoms with Gasteiger partial charge >= 0.3 is 5.97 Å². The van der Waals surface area contributed by atoms with Crippen LogP contribution in [0.25, 0.3) is 0 Å². The second kappa shape index (κ2) is 5.45. The Morgan fingerprint density at radius 3 is 3.06 bits per heavy atom. The molecule has 5 nitrogen and oxygen atoms in total. The number of anilines is 1. The fourth-order valence-electron chi connectivity index (χ4n) is 1.42. The van der Waals surface area contributed by atoms with Crippen molar-refractivity contribution < 1.29 is 14.3 Å². The minimum atomic E-state index is -0.534. The minimum Gasteiger partial charge on any atom is -0.422 e. The number of pyridine rings is 1. The molecule has 1 aromatic rings. The van der Waals surface area contributed by atoms with E-state index in [4.69, 9.17) is 4.74 Å². The zero-order chi connectivity index (χ0) is 11.5. The summed E-state index contributed by atoms with van der Waals surface area (Å²) in [4.78, 5) is 26.2. The number of halogens is 1. The highest BCUT2D eigenvalue weighted by Gasteiger charge is 2.17. The molecule has 0 fully saturated rings. The summed E-state index contributed by atoms with van der Waals surface area (Å²) in [5.74, 6) is -0.102. The number of fused-ring (bicyclic) bond motifs is 1. The molecule has 1 N–H and O–H groups in total. The van der Waals surface area contributed by atoms with Crippen LogP contribution in [0.15, 0.2) is 24.9 Å². The van der Waals surface area contributed by atoms with Gasteiger partial charge in [-0.2, -0.15) is 0 Å². The van der Waals surface area contributed by atoms with Crippen molar-refractivity contribution in [2.75, 3.05) is 11.9 Å². The van der Waals surface area contributed by atoms with E-state index in [-0.39, 0.29) is 24.7 Å². The number of ether oxygens (including phenoxy) is 1. The SMILES string of the molecule is C=CC(=O)Oc1cnc2c(c1)NCC(=O)C2.Cl. The highest BCUT2D eigenvalue weighted by atomic mass is 35.5. The van der Waals surface area contributed by atoms with Gasteiger partial charge in [-0.25, -0.2) is 4.79 Å². The van der Waals surface area contributed by atoms with Gasteiger partial charge in [0.25, 0.3) is 0 Å². The fraction of sp³-hybridized carbons (Fsp3) is 0.182. The van der Waals surface area contributed by atoms with Crippen LogP contribution >= 0.6 is 12.4 Å². The van der Waals surface area contributed by atoms with Crippen LogP contribution in [0, 0.1) is 0 Å². The Kier molecular flexibility index (Phi) is 4.23. The first-order valence-corrected chi connectivity index (χ1v) is 4.78. The van der Waals surface area contributed by atoms with Crippen molar-refractivity contribution in [3.8, 4) is 5.75 Å². The van der Waals surface area contributed by atoms with Crippen molar-refractivity contribution in [3.05, 3.63) is 30.6 Å². The molecule has 0 aromatic carbocycles. The quantitative estimate of drug-likeness (QED) is 0.633. The Bertz CT molecular complexity index is 474. The fourth-order valence-corrected chi connectivity index (χ4v) is 1.42. The van der Waals surface area contributed by atoms with E-state index in [0.717, 1.165) is 11.8 Å². The molecular formula is C11H11ClN2O3. The molecule has 0 saturated carbocycles. The molecule has 90 valence electrons. The van der Waals surface area contributed by atoms with Gasteiger partial charge in [0.05, 0.1) is 30.5 Å². The molecule has 0 spiro atoms. The monoisotopic (exact) mass is 254 g/mol. The number of ketones is 1. The molecule has 0 saturated heterocycles. The molecule has 2 heterocycles. The number of carbonyl (C=O) groups excluding carboxylic acids is 2. The smallest absolute Gasteiger partial charge is 0.335 e. The predicted molar refractivity (Wildman–Crippen MR) is 64.5 cm³/mol. The van der Waals surface area contributed by atoms with E-state index in [9.17, 15) is 9.59 Å². The molecular weight excluding hydrogens is 244 g/mol. The van der Waals surface area contributed by atoms with E-state index in [1.807, 2.05) is 0 Å². The summed E-state index contributed by atoms with van der Waals surface area (Å²) in [5, 5.41) is 2.91. The molecule has 17 heavy (non-hydrogen) atoms. The lowest BCUT2D eigenvalue weighted by atomic mass is 10.1. The molecule has 1 aliphatic heterocycles. The number of hydrogen-bond donors (Lipinski definition) is 1. The lowest BCUT2D eigenvalue weighted by Crippen LogP contribution is -2.23. The first kappa shape index (κ1) is 13.2. The lowest BCUT2D eigenvalue weighted by molar-refractivity contribution is -0.129. The molecule has 1 aromatic heterocycles. The standard InChI is InChI=1S/C11H10N2O3.ClH/c1-2-11(15)16-8-4-10-9(13-6-8)3-7(14)5-12-10;/h2,4,6,12H,1,3,5H2;1H. The number of nitrogens with zero attached hydrogens (tertiary/aromatic N) is 1. The summed E-state index contributed by atoms with van der Waals surface area (Å²) in [7, 11) is 0. The molecule has 0 atom stereocenters. The van der Waals surface area contributed by atoms with Crippen LogP contribution in [0.4, 0.5) is 5.69 Å². The highest BCUT2D eigenvalue weighted by Crippen LogP contribution is 2.23. The Morgan fingerprint density at radius 2 is 2.35 bits per heavy atom. The summed E-state index contributed by atoms with van der Waals surface area (Å²) in [6.45, 7) is 3.58. The molecule has 0 aliphatic carbocycles. The number of rotatable bonds is 2. The third kappa shape index (κ3) is 3.04. The first-order valence-electron chi connectivity index (χ1n) is 4.78. The number of carbonyl (C=O) groups is 2. The molecule has 2 rings (SSSR count). The van der Waals surface area contributed by atoms with Gasteiger partial charge in [-0.05, 0) is 0 Å². The zero-order valence-corrected chi connectivity index (χ0v) is 9.75. The lowest BCUT2D eigenvalue weighted by Gasteiger charge is -2.16. The number of aromatic nitrogens is 1. The summed E-state index contributed by atoms with van der Waals surface area (Å²) >= 11 is 0. The third-order valence-corrected chi connectivity index (χ3v) is 2.17. The van der Waals surface area contributed by atoms with Crippen LogP contribution in [-0.2, 0) is 16.0 Å². The Morgan fingerprint density at radius 1 is 1.59 bits per heavy atom. The Labute approximate surface area is 104 Å². The maximum atomic E-state index is 11.1. The van der Waals surface area contributed by atoms with E-state index in [0.29, 0.717) is 17.9 Å². The van der Waals surface area contributed by atoms with Crippen molar-refractivity contribution in [2.24, 2.45) is 0 Å². The predicted octanol–water partition coefficient (Wildman–Crippen LogP) is 1.13. The van der Waals surface area contributed by atoms with Gasteiger partial charge in [-0.1, -0.05) is 6.58 Å². The van der Waals surface area contributed by atoms with Gasteiger partial charge in [0.2, 0.25) is 0 Å². The second-order valence-electron chi connectivity index (χ2n) is 3.36. The van der Waals surface area contributed by atoms with Crippen molar-refractivity contribution in [2.45, 2.75) is 6.42 Å². The van der Waals surface area contributed by atoms with Gasteiger partial charge in [-0.3, -0.25) is 9.78 Å². The maximum Gasteiger partial charge on any atom is 0.335 e. The second-order valence-corrected chi connectivity index (χ2v) is 3.36. The average molecular weight is 255 g/mol. The van der Waals surface area contributed by atoms with Crippen molar-refractivity contribution in [1.29, 1.82) is 0 Å². The molecule has 0 bridgehead atoms. The number of nitrogens with one attached hydrogen (secondary N) is 1. The van der Waals surface area contributed by atoms with E-state index in [1.165, 1.54) is 6.20 Å². The minimum absolute atomic E-state index is 0. The van der Waals surface area contributed by atoms with Gasteiger partial charge in [0.15, 0.2) is 11.5 Å². The summed E-state index contributed by atoms with van der Waals surface area (Å²) in [6, 6.07) is 1.65. The Balaban J connectivity index is 0.00000144. The van der Waals surface area contributed by atoms with E-state index >= 15 is 0 Å². The van der Waals surface area contributed by atoms with Gasteiger partial charge in [0, 0.05) is 12.1 Å². The van der Waals surface area contributed by atoms with Crippen molar-refractivity contribution in [1.82, 2.24) is 4.98 Å². The molecule has 0 amide bonds. The normalized spacial score (nSPS) is 12.8. The Hall–Kier alpha value is -1.88. The first-order chi connectivity index (χ1) is 7.69. The van der Waals surface area contributed by atoms with Crippen LogP contribution in [0.3, 0.4) is 0 Å². The van der Waals surface area contributed by atoms with Crippen molar-refractivity contribution in [3.63, 3.8) is 0 Å². The molecule has 0 radical (unpaired) electrons. The third-order valence-electron chi connectivity index (χ3n) is 2.17. The van der Waals surface area contributed by atoms with E-state index in [1.54, 1.807) is 6.07 Å². The molecule has 1 aliphatic rings. The average Bonchev–Trinajstić information content (AvgIpc) is 2.29.